The van der Waals surface area contributed by atoms with Crippen LogP contribution in [0.15, 0.2) is 59.5 Å². The van der Waals surface area contributed by atoms with E-state index in [0.29, 0.717) is 18.7 Å². The molecule has 0 radical (unpaired) electrons. The molecule has 2 aromatic rings. The Morgan fingerprint density at radius 3 is 2.52 bits per heavy atom. The van der Waals surface area contributed by atoms with Gasteiger partial charge in [0.25, 0.3) is 0 Å². The molecule has 0 saturated carbocycles. The van der Waals surface area contributed by atoms with Crippen molar-refractivity contribution >= 4 is 9.84 Å². The monoisotopic (exact) mass is 300 g/mol. The van der Waals surface area contributed by atoms with Crippen molar-refractivity contribution in [3.8, 4) is 6.07 Å². The summed E-state index contributed by atoms with van der Waals surface area (Å²) in [5.74, 6) is 0.00865. The Kier molecular flexibility index (Phi) is 5.09. The van der Waals surface area contributed by atoms with Crippen LogP contribution in [0.5, 0.6) is 0 Å². The van der Waals surface area contributed by atoms with E-state index in [4.69, 9.17) is 5.26 Å². The molecule has 108 valence electrons. The summed E-state index contributed by atoms with van der Waals surface area (Å²) in [5, 5.41) is 11.9. The maximum Gasteiger partial charge on any atom is 0.179 e. The third-order valence-corrected chi connectivity index (χ3v) is 4.76. The first-order valence-electron chi connectivity index (χ1n) is 6.59. The van der Waals surface area contributed by atoms with E-state index in [-0.39, 0.29) is 10.6 Å². The summed E-state index contributed by atoms with van der Waals surface area (Å²) in [6.07, 6.45) is 0. The summed E-state index contributed by atoms with van der Waals surface area (Å²) >= 11 is 0. The first kappa shape index (κ1) is 15.2. The van der Waals surface area contributed by atoms with E-state index in [1.54, 1.807) is 12.1 Å². The molecule has 0 aliphatic rings. The van der Waals surface area contributed by atoms with Gasteiger partial charge < -0.3 is 5.32 Å². The van der Waals surface area contributed by atoms with Crippen LogP contribution in [0.4, 0.5) is 0 Å². The van der Waals surface area contributed by atoms with Gasteiger partial charge in [-0.1, -0.05) is 36.4 Å². The van der Waals surface area contributed by atoms with Crippen LogP contribution < -0.4 is 5.32 Å². The van der Waals surface area contributed by atoms with Gasteiger partial charge in [-0.15, -0.1) is 0 Å². The van der Waals surface area contributed by atoms with Gasteiger partial charge in [-0.25, -0.2) is 8.42 Å². The van der Waals surface area contributed by atoms with E-state index < -0.39 is 9.84 Å². The molecule has 0 amide bonds. The molecule has 5 heteroatoms. The zero-order chi connectivity index (χ0) is 15.1. The summed E-state index contributed by atoms with van der Waals surface area (Å²) in [7, 11) is -3.36. The Balaban J connectivity index is 1.91. The van der Waals surface area contributed by atoms with Crippen molar-refractivity contribution in [2.24, 2.45) is 0 Å². The number of hydrogen-bond donors (Lipinski definition) is 1. The second-order valence-electron chi connectivity index (χ2n) is 4.62. The van der Waals surface area contributed by atoms with Crippen molar-refractivity contribution in [2.75, 3.05) is 12.3 Å². The molecule has 0 saturated heterocycles. The van der Waals surface area contributed by atoms with Crippen molar-refractivity contribution in [1.29, 1.82) is 5.26 Å². The van der Waals surface area contributed by atoms with Gasteiger partial charge in [0, 0.05) is 13.1 Å². The molecule has 0 aliphatic carbocycles. The number of hydrogen-bond acceptors (Lipinski definition) is 4. The van der Waals surface area contributed by atoms with Gasteiger partial charge in [-0.2, -0.15) is 5.26 Å². The average molecular weight is 300 g/mol. The molecule has 0 aliphatic heterocycles. The van der Waals surface area contributed by atoms with E-state index in [0.717, 1.165) is 5.56 Å². The molecule has 0 fully saturated rings. The Morgan fingerprint density at radius 2 is 1.81 bits per heavy atom. The lowest BCUT2D eigenvalue weighted by Crippen LogP contribution is -2.22. The summed E-state index contributed by atoms with van der Waals surface area (Å²) in [4.78, 5) is 0.197. The van der Waals surface area contributed by atoms with E-state index in [1.807, 2.05) is 36.4 Å². The highest BCUT2D eigenvalue weighted by Crippen LogP contribution is 2.12. The van der Waals surface area contributed by atoms with Crippen LogP contribution in [-0.2, 0) is 16.4 Å². The predicted octanol–water partition coefficient (Wildman–Crippen LogP) is 2.12. The summed E-state index contributed by atoms with van der Waals surface area (Å²) in [6.45, 7) is 1.00. The van der Waals surface area contributed by atoms with Crippen LogP contribution in [0.2, 0.25) is 0 Å². The molecular weight excluding hydrogens is 284 g/mol. The Hall–Kier alpha value is -2.16. The Labute approximate surface area is 125 Å². The van der Waals surface area contributed by atoms with Crippen molar-refractivity contribution in [2.45, 2.75) is 11.4 Å². The highest BCUT2D eigenvalue weighted by Gasteiger charge is 2.14. The van der Waals surface area contributed by atoms with Crippen LogP contribution in [0.3, 0.4) is 0 Å². The van der Waals surface area contributed by atoms with Crippen molar-refractivity contribution in [3.05, 3.63) is 65.7 Å². The molecule has 0 unspecified atom stereocenters. The molecule has 21 heavy (non-hydrogen) atoms. The fraction of sp³-hybridized carbons (Fsp3) is 0.188. The molecule has 4 nitrogen and oxygen atoms in total. The topological polar surface area (TPSA) is 70.0 Å². The number of nitriles is 1. The molecule has 2 aromatic carbocycles. The van der Waals surface area contributed by atoms with Gasteiger partial charge in [0.2, 0.25) is 0 Å². The van der Waals surface area contributed by atoms with Gasteiger partial charge >= 0.3 is 0 Å². The van der Waals surface area contributed by atoms with Crippen molar-refractivity contribution in [1.82, 2.24) is 5.32 Å². The van der Waals surface area contributed by atoms with Crippen LogP contribution in [0.1, 0.15) is 11.1 Å². The molecule has 1 N–H and O–H groups in total. The van der Waals surface area contributed by atoms with Gasteiger partial charge in [0.15, 0.2) is 9.84 Å². The van der Waals surface area contributed by atoms with Gasteiger partial charge in [0.05, 0.1) is 22.3 Å². The van der Waals surface area contributed by atoms with Crippen LogP contribution in [-0.4, -0.2) is 20.7 Å². The molecule has 0 spiro atoms. The minimum absolute atomic E-state index is 0.00865. The molecule has 0 heterocycles. The van der Waals surface area contributed by atoms with E-state index >= 15 is 0 Å². The van der Waals surface area contributed by atoms with Gasteiger partial charge in [-0.05, 0) is 23.8 Å². The lowest BCUT2D eigenvalue weighted by Gasteiger charge is -2.07. The number of nitrogens with zero attached hydrogens (tertiary/aromatic N) is 1. The first-order valence-corrected chi connectivity index (χ1v) is 8.24. The Morgan fingerprint density at radius 1 is 1.05 bits per heavy atom. The average Bonchev–Trinajstić information content (AvgIpc) is 2.53. The van der Waals surface area contributed by atoms with Crippen LogP contribution in [0, 0.1) is 11.3 Å². The first-order chi connectivity index (χ1) is 10.1. The molecule has 0 bridgehead atoms. The summed E-state index contributed by atoms with van der Waals surface area (Å²) in [5.41, 5.74) is 1.47. The van der Waals surface area contributed by atoms with Crippen molar-refractivity contribution < 1.29 is 8.42 Å². The fourth-order valence-electron chi connectivity index (χ4n) is 1.91. The minimum atomic E-state index is -3.36. The van der Waals surface area contributed by atoms with E-state index in [9.17, 15) is 8.42 Å². The Bertz CT molecular complexity index is 734. The lowest BCUT2D eigenvalue weighted by atomic mass is 10.2. The number of benzene rings is 2. The van der Waals surface area contributed by atoms with Crippen molar-refractivity contribution in [3.63, 3.8) is 0 Å². The maximum atomic E-state index is 12.2. The highest BCUT2D eigenvalue weighted by molar-refractivity contribution is 7.91. The third-order valence-electron chi connectivity index (χ3n) is 3.04. The molecule has 0 aromatic heterocycles. The smallest absolute Gasteiger partial charge is 0.179 e. The number of rotatable bonds is 6. The van der Waals surface area contributed by atoms with Crippen LogP contribution >= 0.6 is 0 Å². The zero-order valence-electron chi connectivity index (χ0n) is 11.5. The highest BCUT2D eigenvalue weighted by atomic mass is 32.2. The van der Waals surface area contributed by atoms with Crippen LogP contribution in [0.25, 0.3) is 0 Å². The zero-order valence-corrected chi connectivity index (χ0v) is 12.3. The van der Waals surface area contributed by atoms with Gasteiger partial charge in [0.1, 0.15) is 0 Å². The molecule has 2 rings (SSSR count). The van der Waals surface area contributed by atoms with E-state index in [1.165, 1.54) is 12.1 Å². The number of sulfone groups is 1. The van der Waals surface area contributed by atoms with E-state index in [2.05, 4.69) is 5.32 Å². The minimum Gasteiger partial charge on any atom is -0.312 e. The number of nitrogens with one attached hydrogen (secondary N) is 1. The largest absolute Gasteiger partial charge is 0.312 e. The summed E-state index contributed by atoms with van der Waals surface area (Å²) < 4.78 is 24.3. The summed E-state index contributed by atoms with van der Waals surface area (Å²) in [6, 6.07) is 17.9. The quantitative estimate of drug-likeness (QED) is 0.830. The predicted molar refractivity (Wildman–Crippen MR) is 81.4 cm³/mol. The molecular formula is C16H16N2O2S. The second-order valence-corrected chi connectivity index (χ2v) is 6.73. The third kappa shape index (κ3) is 4.42. The normalized spacial score (nSPS) is 11.0. The van der Waals surface area contributed by atoms with Gasteiger partial charge in [-0.3, -0.25) is 0 Å². The fourth-order valence-corrected chi connectivity index (χ4v) is 3.15. The lowest BCUT2D eigenvalue weighted by molar-refractivity contribution is 0.590. The second kappa shape index (κ2) is 7.02. The maximum absolute atomic E-state index is 12.2. The molecule has 0 atom stereocenters. The standard InChI is InChI=1S/C16H16N2O2S/c17-12-15-7-4-8-16(11-15)21(19,20)10-9-18-13-14-5-2-1-3-6-14/h1-8,11,18H,9-10,13H2. The SMILES string of the molecule is N#Cc1cccc(S(=O)(=O)CCNCc2ccccc2)c1.